The van der Waals surface area contributed by atoms with Crippen LogP contribution in [0.3, 0.4) is 0 Å². The minimum atomic E-state index is -4.87. The number of anilines is 1. The third-order valence-corrected chi connectivity index (χ3v) is 8.34. The van der Waals surface area contributed by atoms with Crippen molar-refractivity contribution < 1.29 is 31.2 Å². The largest absolute Gasteiger partial charge is 0.417 e. The van der Waals surface area contributed by atoms with E-state index < -0.39 is 56.9 Å². The molecule has 12 heteroatoms. The molecule has 0 bridgehead atoms. The number of nitrogens with zero attached hydrogens (tertiary/aromatic N) is 2. The topological polar surface area (TPSA) is 86.8 Å². The Kier molecular flexibility index (Phi) is 10.1. The van der Waals surface area contributed by atoms with Gasteiger partial charge in [-0.3, -0.25) is 13.9 Å². The van der Waals surface area contributed by atoms with Crippen LogP contribution in [0.2, 0.25) is 5.02 Å². The van der Waals surface area contributed by atoms with Crippen LogP contribution in [-0.2, 0) is 32.3 Å². The molecule has 7 nitrogen and oxygen atoms in total. The Hall–Kier alpha value is -3.57. The van der Waals surface area contributed by atoms with Crippen LogP contribution in [0.5, 0.6) is 0 Å². The lowest BCUT2D eigenvalue weighted by Gasteiger charge is -2.32. The van der Waals surface area contributed by atoms with E-state index in [0.29, 0.717) is 15.9 Å². The molecule has 0 aliphatic heterocycles. The molecule has 1 N–H and O–H groups in total. The monoisotopic (exact) mass is 609 g/mol. The zero-order chi connectivity index (χ0) is 30.5. The summed E-state index contributed by atoms with van der Waals surface area (Å²) in [6.45, 7) is 5.98. The van der Waals surface area contributed by atoms with Crippen LogP contribution in [0.4, 0.5) is 18.9 Å². The molecule has 3 aromatic carbocycles. The third kappa shape index (κ3) is 8.01. The molecule has 0 radical (unpaired) electrons. The van der Waals surface area contributed by atoms with Crippen LogP contribution >= 0.6 is 11.6 Å². The number of aryl methyl sites for hydroxylation is 1. The SMILES string of the molecule is Cc1ccc(CN(C(=O)CN(c2ccc(Cl)c(C(F)(F)F)c2)S(=O)(=O)c2ccccc2)[C@H](C)C(=O)NC(C)C)cc1. The van der Waals surface area contributed by atoms with Gasteiger partial charge in [-0.15, -0.1) is 0 Å². The zero-order valence-corrected chi connectivity index (χ0v) is 24.5. The Labute approximate surface area is 243 Å². The summed E-state index contributed by atoms with van der Waals surface area (Å²) < 4.78 is 69.2. The van der Waals surface area contributed by atoms with Gasteiger partial charge in [0.2, 0.25) is 11.8 Å². The first-order chi connectivity index (χ1) is 19.1. The number of carbonyl (C=O) groups excluding carboxylic acids is 2. The lowest BCUT2D eigenvalue weighted by molar-refractivity contribution is -0.139. The highest BCUT2D eigenvalue weighted by Crippen LogP contribution is 2.38. The van der Waals surface area contributed by atoms with Gasteiger partial charge in [0.15, 0.2) is 0 Å². The van der Waals surface area contributed by atoms with E-state index in [0.717, 1.165) is 17.7 Å². The molecule has 0 heterocycles. The molecular formula is C29H31ClF3N3O4S. The zero-order valence-electron chi connectivity index (χ0n) is 22.9. The maximum absolute atomic E-state index is 13.8. The normalized spacial score (nSPS) is 12.6. The molecule has 220 valence electrons. The second kappa shape index (κ2) is 12.9. The van der Waals surface area contributed by atoms with E-state index in [1.807, 2.05) is 19.1 Å². The Morgan fingerprint density at radius 1 is 0.951 bits per heavy atom. The number of alkyl halides is 3. The van der Waals surface area contributed by atoms with Crippen molar-refractivity contribution in [1.29, 1.82) is 0 Å². The first-order valence-electron chi connectivity index (χ1n) is 12.7. The number of hydrogen-bond acceptors (Lipinski definition) is 4. The predicted molar refractivity (Wildman–Crippen MR) is 152 cm³/mol. The van der Waals surface area contributed by atoms with Gasteiger partial charge in [-0.25, -0.2) is 8.42 Å². The van der Waals surface area contributed by atoms with Crippen molar-refractivity contribution >= 4 is 39.1 Å². The van der Waals surface area contributed by atoms with Crippen molar-refractivity contribution in [2.24, 2.45) is 0 Å². The molecule has 3 rings (SSSR count). The molecular weight excluding hydrogens is 579 g/mol. The first-order valence-corrected chi connectivity index (χ1v) is 14.5. The fourth-order valence-corrected chi connectivity index (χ4v) is 5.66. The summed E-state index contributed by atoms with van der Waals surface area (Å²) in [7, 11) is -4.53. The minimum absolute atomic E-state index is 0.0422. The number of carbonyl (C=O) groups is 2. The summed E-state index contributed by atoms with van der Waals surface area (Å²) in [4.78, 5) is 27.8. The maximum Gasteiger partial charge on any atom is 0.417 e. The molecule has 0 aliphatic rings. The molecule has 0 unspecified atom stereocenters. The predicted octanol–water partition coefficient (Wildman–Crippen LogP) is 5.80. The second-order valence-corrected chi connectivity index (χ2v) is 12.1. The van der Waals surface area contributed by atoms with Gasteiger partial charge in [-0.2, -0.15) is 13.2 Å². The second-order valence-electron chi connectivity index (χ2n) is 9.83. The number of rotatable bonds is 10. The Bertz CT molecular complexity index is 1480. The van der Waals surface area contributed by atoms with E-state index in [4.69, 9.17) is 11.6 Å². The highest BCUT2D eigenvalue weighted by atomic mass is 35.5. The van der Waals surface area contributed by atoms with Gasteiger partial charge in [-0.05, 0) is 63.6 Å². The maximum atomic E-state index is 13.8. The van der Waals surface area contributed by atoms with Gasteiger partial charge >= 0.3 is 6.18 Å². The molecule has 0 saturated carbocycles. The molecule has 2 amide bonds. The van der Waals surface area contributed by atoms with E-state index in [1.165, 1.54) is 36.1 Å². The quantitative estimate of drug-likeness (QED) is 0.315. The van der Waals surface area contributed by atoms with E-state index in [-0.39, 0.29) is 17.5 Å². The number of sulfonamides is 1. The molecule has 0 spiro atoms. The standard InChI is InChI=1S/C29H31ClF3N3O4S/c1-19(2)34-28(38)21(4)35(17-22-12-10-20(3)11-13-22)27(37)18-36(41(39,40)24-8-6-5-7-9-24)23-14-15-26(30)25(16-23)29(31,32)33/h5-16,19,21H,17-18H2,1-4H3,(H,34,38)/t21-/m1/s1. The highest BCUT2D eigenvalue weighted by molar-refractivity contribution is 7.92. The summed E-state index contributed by atoms with van der Waals surface area (Å²) in [5, 5.41) is 2.12. The smallest absolute Gasteiger partial charge is 0.352 e. The van der Waals surface area contributed by atoms with Crippen molar-refractivity contribution in [3.05, 3.63) is 94.5 Å². The Morgan fingerprint density at radius 3 is 2.12 bits per heavy atom. The van der Waals surface area contributed by atoms with Crippen LogP contribution in [0.1, 0.15) is 37.5 Å². The molecule has 41 heavy (non-hydrogen) atoms. The van der Waals surface area contributed by atoms with Crippen LogP contribution in [0, 0.1) is 6.92 Å². The Balaban J connectivity index is 2.10. The van der Waals surface area contributed by atoms with Gasteiger partial charge in [0.1, 0.15) is 12.6 Å². The third-order valence-electron chi connectivity index (χ3n) is 6.23. The highest BCUT2D eigenvalue weighted by Gasteiger charge is 2.37. The van der Waals surface area contributed by atoms with Crippen LogP contribution in [-0.4, -0.2) is 43.8 Å². The summed E-state index contributed by atoms with van der Waals surface area (Å²) in [5.74, 6) is -1.26. The molecule has 0 fully saturated rings. The van der Waals surface area contributed by atoms with Crippen molar-refractivity contribution in [3.8, 4) is 0 Å². The van der Waals surface area contributed by atoms with Crippen LogP contribution in [0.25, 0.3) is 0 Å². The first kappa shape index (κ1) is 32.0. The molecule has 0 aromatic heterocycles. The van der Waals surface area contributed by atoms with E-state index in [9.17, 15) is 31.2 Å². The summed E-state index contributed by atoms with van der Waals surface area (Å²) in [6.07, 6.45) is -4.87. The number of hydrogen-bond donors (Lipinski definition) is 1. The van der Waals surface area contributed by atoms with Gasteiger partial charge < -0.3 is 10.2 Å². The van der Waals surface area contributed by atoms with Crippen LogP contribution in [0.15, 0.2) is 77.7 Å². The average molecular weight is 610 g/mol. The van der Waals surface area contributed by atoms with Crippen molar-refractivity contribution in [2.45, 2.75) is 57.4 Å². The summed E-state index contributed by atoms with van der Waals surface area (Å²) >= 11 is 5.78. The van der Waals surface area contributed by atoms with Gasteiger partial charge in [0, 0.05) is 12.6 Å². The molecule has 0 saturated heterocycles. The number of amides is 2. The van der Waals surface area contributed by atoms with E-state index >= 15 is 0 Å². The number of halogens is 4. The van der Waals surface area contributed by atoms with E-state index in [1.54, 1.807) is 32.0 Å². The number of nitrogens with one attached hydrogen (secondary N) is 1. The van der Waals surface area contributed by atoms with E-state index in [2.05, 4.69) is 5.32 Å². The number of benzene rings is 3. The summed E-state index contributed by atoms with van der Waals surface area (Å²) in [5.41, 5.74) is -0.0101. The molecule has 1 atom stereocenters. The lowest BCUT2D eigenvalue weighted by Crippen LogP contribution is -2.52. The molecule has 3 aromatic rings. The fraction of sp³-hybridized carbons (Fsp3) is 0.310. The minimum Gasteiger partial charge on any atom is -0.352 e. The summed E-state index contributed by atoms with van der Waals surface area (Å²) in [6, 6.07) is 15.6. The Morgan fingerprint density at radius 2 is 1.56 bits per heavy atom. The lowest BCUT2D eigenvalue weighted by atomic mass is 10.1. The van der Waals surface area contributed by atoms with Gasteiger partial charge in [0.25, 0.3) is 10.0 Å². The van der Waals surface area contributed by atoms with Crippen LogP contribution < -0.4 is 9.62 Å². The molecule has 0 aliphatic carbocycles. The van der Waals surface area contributed by atoms with Gasteiger partial charge in [-0.1, -0.05) is 59.6 Å². The fourth-order valence-electron chi connectivity index (χ4n) is 4.01. The van der Waals surface area contributed by atoms with Crippen molar-refractivity contribution in [2.75, 3.05) is 10.8 Å². The average Bonchev–Trinajstić information content (AvgIpc) is 2.90. The van der Waals surface area contributed by atoms with Crippen molar-refractivity contribution in [3.63, 3.8) is 0 Å². The van der Waals surface area contributed by atoms with Gasteiger partial charge in [0.05, 0.1) is 21.2 Å². The van der Waals surface area contributed by atoms with Crippen molar-refractivity contribution in [1.82, 2.24) is 10.2 Å².